The van der Waals surface area contributed by atoms with Crippen LogP contribution in [0.25, 0.3) is 0 Å². The van der Waals surface area contributed by atoms with Gasteiger partial charge in [-0.1, -0.05) is 108 Å². The number of carbonyl (C=O) groups is 3. The monoisotopic (exact) mass is 949 g/mol. The molecule has 4 aromatic rings. The molecule has 0 bridgehead atoms. The number of carboxylic acid groups (broad SMARTS) is 1. The highest BCUT2D eigenvalue weighted by molar-refractivity contribution is 8.02. The third-order valence-corrected chi connectivity index (χ3v) is 18.7. The van der Waals surface area contributed by atoms with Crippen molar-refractivity contribution in [1.82, 2.24) is 14.9 Å². The Kier molecular flexibility index (Phi) is 14.4. The number of benzene rings is 4. The second kappa shape index (κ2) is 18.8. The number of sulfone groups is 1. The van der Waals surface area contributed by atoms with Gasteiger partial charge in [-0.2, -0.15) is 4.31 Å². The molecular formula is C47H59N5O8S4. The van der Waals surface area contributed by atoms with E-state index in [4.69, 9.17) is 5.73 Å². The molecule has 2 aliphatic heterocycles. The predicted molar refractivity (Wildman–Crippen MR) is 256 cm³/mol. The molecule has 0 spiro atoms. The summed E-state index contributed by atoms with van der Waals surface area (Å²) in [5, 5.41) is 16.4. The van der Waals surface area contributed by atoms with Crippen molar-refractivity contribution in [3.8, 4) is 0 Å². The van der Waals surface area contributed by atoms with Crippen molar-refractivity contribution in [2.24, 2.45) is 11.7 Å². The van der Waals surface area contributed by atoms with Gasteiger partial charge >= 0.3 is 6.09 Å². The molecule has 4 unspecified atom stereocenters. The molecule has 2 saturated heterocycles. The summed E-state index contributed by atoms with van der Waals surface area (Å²) < 4.78 is 58.4. The zero-order chi connectivity index (χ0) is 46.9. The van der Waals surface area contributed by atoms with Gasteiger partial charge in [0.2, 0.25) is 21.8 Å². The molecule has 5 N–H and O–H groups in total. The van der Waals surface area contributed by atoms with Crippen LogP contribution in [0.5, 0.6) is 0 Å². The average molecular weight is 950 g/mol. The maximum absolute atomic E-state index is 14.8. The molecule has 6 rings (SSSR count). The van der Waals surface area contributed by atoms with Crippen LogP contribution in [-0.4, -0.2) is 90.3 Å². The van der Waals surface area contributed by atoms with E-state index in [1.165, 1.54) is 40.0 Å². The highest BCUT2D eigenvalue weighted by Crippen LogP contribution is 2.47. The summed E-state index contributed by atoms with van der Waals surface area (Å²) in [5.74, 6) is -2.19. The van der Waals surface area contributed by atoms with Crippen LogP contribution >= 0.6 is 23.5 Å². The standard InChI is InChI=1S/C47H59N5O8S4/c1-44(2,3)34-16-20-37(21-17-34)63(57,58)31-46(7,39(29-32-12-9-8-10-13-32)47(42(48)54)50-24-26-62-47)52(43(55)56)36-15-11-14-33(28-36)30-49-40(53)41-51(25-27-61-41)64(59,60)38-22-18-35(19-23-38)45(4,5)6/h8-23,28,39,41,50H,24-27,29-31H2,1-7H3,(H2,48,54)(H,49,53)(H,55,56). The minimum Gasteiger partial charge on any atom is -0.465 e. The molecular weight excluding hydrogens is 891 g/mol. The molecule has 0 radical (unpaired) electrons. The van der Waals surface area contributed by atoms with Crippen LogP contribution in [0.1, 0.15) is 70.7 Å². The van der Waals surface area contributed by atoms with Crippen LogP contribution in [-0.2, 0) is 53.2 Å². The zero-order valence-corrected chi connectivity index (χ0v) is 40.6. The smallest absolute Gasteiger partial charge is 0.412 e. The predicted octanol–water partition coefficient (Wildman–Crippen LogP) is 6.76. The van der Waals surface area contributed by atoms with Gasteiger partial charge < -0.3 is 16.2 Å². The molecule has 0 aliphatic carbocycles. The summed E-state index contributed by atoms with van der Waals surface area (Å²) >= 11 is 2.44. The zero-order valence-electron chi connectivity index (χ0n) is 37.3. The molecule has 3 amide bonds. The maximum Gasteiger partial charge on any atom is 0.412 e. The van der Waals surface area contributed by atoms with Crippen LogP contribution in [0.15, 0.2) is 113 Å². The van der Waals surface area contributed by atoms with Crippen LogP contribution in [0.4, 0.5) is 10.5 Å². The second-order valence-electron chi connectivity index (χ2n) is 18.6. The molecule has 64 heavy (non-hydrogen) atoms. The van der Waals surface area contributed by atoms with Crippen LogP contribution in [0.2, 0.25) is 0 Å². The van der Waals surface area contributed by atoms with Crippen molar-refractivity contribution in [3.05, 3.63) is 125 Å². The lowest BCUT2D eigenvalue weighted by Gasteiger charge is -2.50. The van der Waals surface area contributed by atoms with Gasteiger partial charge in [0, 0.05) is 42.7 Å². The number of amides is 3. The first-order chi connectivity index (χ1) is 29.9. The summed E-state index contributed by atoms with van der Waals surface area (Å²) in [6.07, 6.45) is -1.39. The Hall–Kier alpha value is -4.39. The second-order valence-corrected chi connectivity index (χ2v) is 25.0. The van der Waals surface area contributed by atoms with Gasteiger partial charge in [-0.25, -0.2) is 21.6 Å². The lowest BCUT2D eigenvalue weighted by Crippen LogP contribution is -2.69. The normalized spacial score (nSPS) is 20.0. The first-order valence-corrected chi connectivity index (χ1v) is 26.2. The molecule has 17 heteroatoms. The van der Waals surface area contributed by atoms with E-state index < -0.39 is 65.2 Å². The van der Waals surface area contributed by atoms with E-state index in [2.05, 4.69) is 10.6 Å². The highest BCUT2D eigenvalue weighted by atomic mass is 32.2. The summed E-state index contributed by atoms with van der Waals surface area (Å²) in [7, 11) is -8.31. The lowest BCUT2D eigenvalue weighted by molar-refractivity contribution is -0.123. The van der Waals surface area contributed by atoms with Gasteiger partial charge in [0.05, 0.1) is 21.1 Å². The van der Waals surface area contributed by atoms with Crippen molar-refractivity contribution in [2.75, 3.05) is 35.2 Å². The molecule has 13 nitrogen and oxygen atoms in total. The molecule has 2 heterocycles. The summed E-state index contributed by atoms with van der Waals surface area (Å²) in [6, 6.07) is 28.8. The van der Waals surface area contributed by atoms with E-state index in [9.17, 15) is 36.3 Å². The number of sulfonamides is 1. The number of hydrogen-bond acceptors (Lipinski definition) is 10. The van der Waals surface area contributed by atoms with Crippen molar-refractivity contribution in [1.29, 1.82) is 0 Å². The fourth-order valence-corrected chi connectivity index (χ4v) is 14.9. The third-order valence-electron chi connectivity index (χ3n) is 12.0. The van der Waals surface area contributed by atoms with E-state index >= 15 is 0 Å². The number of nitrogens with one attached hydrogen (secondary N) is 2. The van der Waals surface area contributed by atoms with Gasteiger partial charge in [-0.3, -0.25) is 19.8 Å². The van der Waals surface area contributed by atoms with Gasteiger partial charge in [0.1, 0.15) is 10.2 Å². The Bertz CT molecular complexity index is 2560. The van der Waals surface area contributed by atoms with Crippen molar-refractivity contribution in [3.63, 3.8) is 0 Å². The molecule has 0 saturated carbocycles. The molecule has 4 atom stereocenters. The van der Waals surface area contributed by atoms with E-state index in [1.807, 2.05) is 71.9 Å². The Morgan fingerprint density at radius 2 is 1.41 bits per heavy atom. The Balaban J connectivity index is 1.37. The summed E-state index contributed by atoms with van der Waals surface area (Å²) in [5.41, 5.74) is 7.13. The van der Waals surface area contributed by atoms with Crippen molar-refractivity contribution in [2.45, 2.75) is 97.8 Å². The van der Waals surface area contributed by atoms with Gasteiger partial charge in [-0.05, 0) is 82.8 Å². The maximum atomic E-state index is 14.8. The van der Waals surface area contributed by atoms with Crippen LogP contribution in [0, 0.1) is 5.92 Å². The summed E-state index contributed by atoms with van der Waals surface area (Å²) in [6.45, 7) is 14.1. The van der Waals surface area contributed by atoms with E-state index in [0.717, 1.165) is 21.6 Å². The third kappa shape index (κ3) is 10.3. The minimum atomic E-state index is -4.28. The molecule has 2 fully saturated rings. The fourth-order valence-electron chi connectivity index (χ4n) is 8.53. The number of nitrogens with zero attached hydrogens (tertiary/aromatic N) is 2. The Morgan fingerprint density at radius 1 is 0.828 bits per heavy atom. The largest absolute Gasteiger partial charge is 0.465 e. The van der Waals surface area contributed by atoms with Gasteiger partial charge in [0.15, 0.2) is 9.84 Å². The number of rotatable bonds is 15. The molecule has 0 aromatic heterocycles. The van der Waals surface area contributed by atoms with Crippen LogP contribution in [0.3, 0.4) is 0 Å². The number of primary amides is 1. The average Bonchev–Trinajstić information content (AvgIpc) is 3.94. The fraction of sp³-hybridized carbons (Fsp3) is 0.426. The first kappa shape index (κ1) is 49.1. The number of thioether (sulfide) groups is 2. The van der Waals surface area contributed by atoms with Gasteiger partial charge in [-0.15, -0.1) is 23.5 Å². The number of anilines is 1. The van der Waals surface area contributed by atoms with Crippen molar-refractivity contribution >= 4 is 67.0 Å². The van der Waals surface area contributed by atoms with E-state index in [-0.39, 0.29) is 45.8 Å². The highest BCUT2D eigenvalue weighted by Gasteiger charge is 2.59. The lowest BCUT2D eigenvalue weighted by atomic mass is 9.75. The van der Waals surface area contributed by atoms with E-state index in [0.29, 0.717) is 23.6 Å². The quantitative estimate of drug-likeness (QED) is 0.0984. The number of hydrogen-bond donors (Lipinski definition) is 4. The topological polar surface area (TPSA) is 196 Å². The van der Waals surface area contributed by atoms with Crippen molar-refractivity contribution < 1.29 is 36.3 Å². The first-order valence-electron chi connectivity index (χ1n) is 21.1. The Labute approximate surface area is 386 Å². The number of carbonyl (C=O) groups excluding carboxylic acids is 2. The SMILES string of the molecule is CC(C)(C)c1ccc(S(=O)(=O)CC(C)(C(Cc2ccccc2)C2(C(N)=O)NCCS2)N(C(=O)O)c2cccc(CNC(=O)C3SCCN3S(=O)(=O)c3ccc(C(C)(C)C)cc3)c2)cc1. The summed E-state index contributed by atoms with van der Waals surface area (Å²) in [4.78, 5) is 41.0. The number of nitrogens with two attached hydrogens (primary N) is 1. The van der Waals surface area contributed by atoms with Crippen LogP contribution < -0.4 is 21.3 Å². The molecule has 4 aromatic carbocycles. The molecule has 2 aliphatic rings. The van der Waals surface area contributed by atoms with Gasteiger partial charge in [0.25, 0.3) is 0 Å². The van der Waals surface area contributed by atoms with E-state index in [1.54, 1.807) is 67.6 Å². The Morgan fingerprint density at radius 3 is 1.94 bits per heavy atom. The molecule has 344 valence electrons. The minimum absolute atomic E-state index is 0.00471.